The van der Waals surface area contributed by atoms with E-state index in [0.29, 0.717) is 22.6 Å². The summed E-state index contributed by atoms with van der Waals surface area (Å²) < 4.78 is 26.1. The number of hydrogen-bond donors (Lipinski definition) is 0. The lowest BCUT2D eigenvalue weighted by atomic mass is 10.2. The van der Waals surface area contributed by atoms with Crippen LogP contribution in [0.1, 0.15) is 5.69 Å². The van der Waals surface area contributed by atoms with Crippen molar-refractivity contribution in [1.29, 1.82) is 0 Å². The van der Waals surface area contributed by atoms with Crippen LogP contribution >= 0.6 is 0 Å². The second-order valence-corrected chi connectivity index (χ2v) is 5.10. The SMILES string of the molecule is Cc1c(-c2cccnc2)nc(-c2cccc(F)c2)n1C=S=O. The molecule has 0 saturated heterocycles. The molecule has 1 aromatic carbocycles. The highest BCUT2D eigenvalue weighted by molar-refractivity contribution is 7.64. The predicted octanol–water partition coefficient (Wildman–Crippen LogP) is 2.88. The van der Waals surface area contributed by atoms with Gasteiger partial charge in [-0.05, 0) is 31.2 Å². The Balaban J connectivity index is 2.24. The predicted molar refractivity (Wildman–Crippen MR) is 85.2 cm³/mol. The monoisotopic (exact) mass is 313 g/mol. The van der Waals surface area contributed by atoms with E-state index in [1.54, 1.807) is 29.1 Å². The highest BCUT2D eigenvalue weighted by Gasteiger charge is 2.16. The van der Waals surface area contributed by atoms with E-state index in [1.807, 2.05) is 19.1 Å². The van der Waals surface area contributed by atoms with E-state index in [9.17, 15) is 8.60 Å². The molecule has 0 radical (unpaired) electrons. The Hall–Kier alpha value is -2.60. The summed E-state index contributed by atoms with van der Waals surface area (Å²) in [6.07, 6.45) is 3.39. The fourth-order valence-electron chi connectivity index (χ4n) is 2.29. The first-order valence-corrected chi connectivity index (χ1v) is 7.38. The molecule has 3 rings (SSSR count). The van der Waals surface area contributed by atoms with Crippen LogP contribution in [0.5, 0.6) is 0 Å². The number of nitrogens with zero attached hydrogens (tertiary/aromatic N) is 3. The standard InChI is InChI=1S/C16H12FN3OS/c1-11-15(13-5-3-7-18-9-13)19-16(20(11)10-22-21)12-4-2-6-14(17)8-12/h2-10H,1H3. The summed E-state index contributed by atoms with van der Waals surface area (Å²) in [4.78, 5) is 8.67. The molecule has 0 fully saturated rings. The topological polar surface area (TPSA) is 47.8 Å². The van der Waals surface area contributed by atoms with Crippen LogP contribution in [0.4, 0.5) is 4.39 Å². The Labute approximate surface area is 130 Å². The summed E-state index contributed by atoms with van der Waals surface area (Å²) in [6.45, 7) is 1.87. The Morgan fingerprint density at radius 1 is 1.23 bits per heavy atom. The molecular formula is C16H12FN3OS. The molecule has 0 bridgehead atoms. The number of rotatable bonds is 3. The van der Waals surface area contributed by atoms with E-state index in [4.69, 9.17) is 0 Å². The molecule has 0 atom stereocenters. The van der Waals surface area contributed by atoms with Gasteiger partial charge >= 0.3 is 0 Å². The second-order valence-electron chi connectivity index (χ2n) is 4.69. The van der Waals surface area contributed by atoms with E-state index in [2.05, 4.69) is 9.97 Å². The Morgan fingerprint density at radius 3 is 2.73 bits per heavy atom. The molecule has 0 saturated carbocycles. The van der Waals surface area contributed by atoms with Gasteiger partial charge in [0.1, 0.15) is 28.4 Å². The average molecular weight is 313 g/mol. The fraction of sp³-hybridized carbons (Fsp3) is 0.0625. The molecule has 2 heterocycles. The lowest BCUT2D eigenvalue weighted by Gasteiger charge is -2.03. The van der Waals surface area contributed by atoms with Crippen molar-refractivity contribution in [1.82, 2.24) is 14.5 Å². The van der Waals surface area contributed by atoms with Crippen molar-refractivity contribution in [3.8, 4) is 22.6 Å². The number of halogens is 1. The largest absolute Gasteiger partial charge is 0.291 e. The van der Waals surface area contributed by atoms with Gasteiger partial charge in [-0.15, -0.1) is 0 Å². The van der Waals surface area contributed by atoms with Crippen LogP contribution in [-0.4, -0.2) is 24.2 Å². The van der Waals surface area contributed by atoms with Crippen LogP contribution in [0.3, 0.4) is 0 Å². The molecule has 110 valence electrons. The van der Waals surface area contributed by atoms with Crippen molar-refractivity contribution in [3.63, 3.8) is 0 Å². The van der Waals surface area contributed by atoms with E-state index in [-0.39, 0.29) is 5.82 Å². The van der Waals surface area contributed by atoms with E-state index < -0.39 is 0 Å². The zero-order valence-corrected chi connectivity index (χ0v) is 12.5. The van der Waals surface area contributed by atoms with Gasteiger partial charge in [0, 0.05) is 29.2 Å². The first-order chi connectivity index (χ1) is 10.7. The molecule has 3 aromatic rings. The number of pyridine rings is 1. The van der Waals surface area contributed by atoms with Crippen LogP contribution in [0, 0.1) is 12.7 Å². The van der Waals surface area contributed by atoms with Gasteiger partial charge in [0.2, 0.25) is 0 Å². The fourth-order valence-corrected chi connectivity index (χ4v) is 2.64. The average Bonchev–Trinajstić information content (AvgIpc) is 2.86. The quantitative estimate of drug-likeness (QED) is 0.699. The lowest BCUT2D eigenvalue weighted by Crippen LogP contribution is -2.00. The van der Waals surface area contributed by atoms with Crippen molar-refractivity contribution < 1.29 is 8.60 Å². The third kappa shape index (κ3) is 2.60. The third-order valence-corrected chi connectivity index (χ3v) is 3.61. The molecule has 0 amide bonds. The first-order valence-electron chi connectivity index (χ1n) is 6.58. The maximum absolute atomic E-state index is 13.5. The van der Waals surface area contributed by atoms with E-state index >= 15 is 0 Å². The second kappa shape index (κ2) is 6.03. The molecule has 4 nitrogen and oxygen atoms in total. The lowest BCUT2D eigenvalue weighted by molar-refractivity contribution is 0.628. The van der Waals surface area contributed by atoms with Crippen LogP contribution in [0.25, 0.3) is 22.6 Å². The van der Waals surface area contributed by atoms with Gasteiger partial charge < -0.3 is 0 Å². The van der Waals surface area contributed by atoms with Gasteiger partial charge in [0.05, 0.1) is 5.69 Å². The molecular weight excluding hydrogens is 301 g/mol. The normalized spacial score (nSPS) is 10.5. The smallest absolute Gasteiger partial charge is 0.145 e. The molecule has 0 unspecified atom stereocenters. The minimum Gasteiger partial charge on any atom is -0.291 e. The molecule has 0 N–H and O–H groups in total. The Kier molecular flexibility index (Phi) is 3.93. The molecule has 0 spiro atoms. The summed E-state index contributed by atoms with van der Waals surface area (Å²) in [5.41, 5.74) is 4.40. The van der Waals surface area contributed by atoms with Gasteiger partial charge in [0.15, 0.2) is 0 Å². The van der Waals surface area contributed by atoms with Crippen LogP contribution < -0.4 is 0 Å². The highest BCUT2D eigenvalue weighted by Crippen LogP contribution is 2.27. The van der Waals surface area contributed by atoms with Crippen LogP contribution in [0.15, 0.2) is 48.8 Å². The molecule has 6 heteroatoms. The van der Waals surface area contributed by atoms with E-state index in [0.717, 1.165) is 17.0 Å². The van der Waals surface area contributed by atoms with Crippen LogP contribution in [0.2, 0.25) is 0 Å². The van der Waals surface area contributed by atoms with Gasteiger partial charge in [0.25, 0.3) is 0 Å². The van der Waals surface area contributed by atoms with E-state index in [1.165, 1.54) is 17.6 Å². The first kappa shape index (κ1) is 14.3. The maximum Gasteiger partial charge on any atom is 0.145 e. The number of imidazole rings is 1. The minimum atomic E-state index is -0.345. The van der Waals surface area contributed by atoms with Crippen molar-refractivity contribution in [3.05, 3.63) is 60.3 Å². The van der Waals surface area contributed by atoms with Crippen LogP contribution in [-0.2, 0) is 11.3 Å². The summed E-state index contributed by atoms with van der Waals surface area (Å²) >= 11 is 0.329. The van der Waals surface area contributed by atoms with Gasteiger partial charge in [-0.1, -0.05) is 12.1 Å². The van der Waals surface area contributed by atoms with Crippen molar-refractivity contribution in [2.75, 3.05) is 0 Å². The number of hydrogen-bond acceptors (Lipinski definition) is 3. The zero-order valence-electron chi connectivity index (χ0n) is 11.7. The summed E-state index contributed by atoms with van der Waals surface area (Å²) in [5, 5.41) is 0. The number of benzene rings is 1. The van der Waals surface area contributed by atoms with Gasteiger partial charge in [-0.3, -0.25) is 9.55 Å². The van der Waals surface area contributed by atoms with Crippen molar-refractivity contribution in [2.24, 2.45) is 0 Å². The molecule has 0 aliphatic carbocycles. The Bertz CT molecular complexity index is 870. The summed E-state index contributed by atoms with van der Waals surface area (Å²) in [5.74, 6) is 0.182. The Morgan fingerprint density at radius 2 is 2.05 bits per heavy atom. The number of aromatic nitrogens is 3. The maximum atomic E-state index is 13.5. The van der Waals surface area contributed by atoms with Crippen molar-refractivity contribution in [2.45, 2.75) is 6.92 Å². The third-order valence-electron chi connectivity index (χ3n) is 3.32. The summed E-state index contributed by atoms with van der Waals surface area (Å²) in [7, 11) is 0. The van der Waals surface area contributed by atoms with Crippen molar-refractivity contribution >= 4 is 16.7 Å². The molecule has 0 aliphatic heterocycles. The molecule has 2 aromatic heterocycles. The van der Waals surface area contributed by atoms with Gasteiger partial charge in [-0.2, -0.15) is 0 Å². The molecule has 0 aliphatic rings. The highest BCUT2D eigenvalue weighted by atomic mass is 32.1. The summed E-state index contributed by atoms with van der Waals surface area (Å²) in [6, 6.07) is 9.87. The molecule has 22 heavy (non-hydrogen) atoms. The van der Waals surface area contributed by atoms with Gasteiger partial charge in [-0.25, -0.2) is 13.6 Å². The minimum absolute atomic E-state index is 0.329. The zero-order chi connectivity index (χ0) is 15.5.